The molecule has 1 saturated carbocycles. The van der Waals surface area contributed by atoms with Gasteiger partial charge in [-0.15, -0.1) is 0 Å². The fraction of sp³-hybridized carbons (Fsp3) is 0.533. The van der Waals surface area contributed by atoms with Gasteiger partial charge in [-0.05, 0) is 43.7 Å². The topological polar surface area (TPSA) is 49.3 Å². The molecule has 104 valence electrons. The van der Waals surface area contributed by atoms with Crippen LogP contribution in [-0.4, -0.2) is 23.7 Å². The van der Waals surface area contributed by atoms with E-state index in [-0.39, 0.29) is 36.2 Å². The molecule has 3 unspecified atom stereocenters. The lowest BCUT2D eigenvalue weighted by Gasteiger charge is -2.13. The molecule has 1 aromatic rings. The van der Waals surface area contributed by atoms with Gasteiger partial charge in [0.05, 0.1) is 0 Å². The van der Waals surface area contributed by atoms with Crippen molar-refractivity contribution in [3.63, 3.8) is 0 Å². The van der Waals surface area contributed by atoms with Crippen LogP contribution < -0.4 is 5.32 Å². The standard InChI is InChI=1S/C15H20FNO2/c1-10(5-4-8-18)17-15(19)13-9-12(13)11-6-2-3-7-14(11)16/h2-3,6-7,10,12-13,18H,4-5,8-9H2,1H3,(H,17,19). The second kappa shape index (κ2) is 6.15. The van der Waals surface area contributed by atoms with Crippen LogP contribution in [0.5, 0.6) is 0 Å². The summed E-state index contributed by atoms with van der Waals surface area (Å²) >= 11 is 0. The minimum Gasteiger partial charge on any atom is -0.396 e. The van der Waals surface area contributed by atoms with Gasteiger partial charge in [0, 0.05) is 18.6 Å². The molecule has 0 radical (unpaired) electrons. The van der Waals surface area contributed by atoms with Crippen molar-refractivity contribution in [3.05, 3.63) is 35.6 Å². The van der Waals surface area contributed by atoms with Gasteiger partial charge in [-0.25, -0.2) is 4.39 Å². The van der Waals surface area contributed by atoms with Gasteiger partial charge >= 0.3 is 0 Å². The first kappa shape index (κ1) is 14.0. The van der Waals surface area contributed by atoms with E-state index in [1.807, 2.05) is 6.92 Å². The van der Waals surface area contributed by atoms with Crippen LogP contribution in [0.15, 0.2) is 24.3 Å². The Morgan fingerprint density at radius 1 is 1.53 bits per heavy atom. The third-order valence-corrected chi connectivity index (χ3v) is 3.62. The van der Waals surface area contributed by atoms with Gasteiger partial charge in [0.2, 0.25) is 5.91 Å². The summed E-state index contributed by atoms with van der Waals surface area (Å²) in [6.45, 7) is 2.07. The lowest BCUT2D eigenvalue weighted by molar-refractivity contribution is -0.123. The molecule has 1 amide bonds. The summed E-state index contributed by atoms with van der Waals surface area (Å²) in [5, 5.41) is 11.7. The maximum Gasteiger partial charge on any atom is 0.223 e. The van der Waals surface area contributed by atoms with Crippen LogP contribution in [0.3, 0.4) is 0 Å². The number of rotatable bonds is 6. The fourth-order valence-electron chi connectivity index (χ4n) is 2.42. The van der Waals surface area contributed by atoms with Gasteiger partial charge in [-0.2, -0.15) is 0 Å². The number of carbonyl (C=O) groups excluding carboxylic acids is 1. The normalized spacial score (nSPS) is 22.9. The minimum atomic E-state index is -0.226. The number of aliphatic hydroxyl groups is 1. The Hall–Kier alpha value is -1.42. The summed E-state index contributed by atoms with van der Waals surface area (Å²) < 4.78 is 13.6. The number of benzene rings is 1. The van der Waals surface area contributed by atoms with Crippen LogP contribution in [0.2, 0.25) is 0 Å². The monoisotopic (exact) mass is 265 g/mol. The second-order valence-electron chi connectivity index (χ2n) is 5.25. The highest BCUT2D eigenvalue weighted by Crippen LogP contribution is 2.48. The van der Waals surface area contributed by atoms with E-state index in [4.69, 9.17) is 5.11 Å². The van der Waals surface area contributed by atoms with Crippen molar-refractivity contribution in [2.24, 2.45) is 5.92 Å². The van der Waals surface area contributed by atoms with Crippen LogP contribution >= 0.6 is 0 Å². The Morgan fingerprint density at radius 2 is 2.26 bits per heavy atom. The van der Waals surface area contributed by atoms with E-state index in [0.29, 0.717) is 12.0 Å². The quantitative estimate of drug-likeness (QED) is 0.828. The first-order valence-corrected chi connectivity index (χ1v) is 6.79. The zero-order valence-electron chi connectivity index (χ0n) is 11.1. The number of nitrogens with one attached hydrogen (secondary N) is 1. The van der Waals surface area contributed by atoms with E-state index in [1.54, 1.807) is 18.2 Å². The predicted molar refractivity (Wildman–Crippen MR) is 71.2 cm³/mol. The number of carbonyl (C=O) groups is 1. The average molecular weight is 265 g/mol. The highest BCUT2D eigenvalue weighted by molar-refractivity contribution is 5.83. The molecule has 0 aromatic heterocycles. The van der Waals surface area contributed by atoms with Gasteiger partial charge in [-0.3, -0.25) is 4.79 Å². The van der Waals surface area contributed by atoms with E-state index in [0.717, 1.165) is 12.8 Å². The molecule has 1 aromatic carbocycles. The zero-order chi connectivity index (χ0) is 13.8. The molecule has 4 heteroatoms. The Bertz CT molecular complexity index is 450. The molecular formula is C15H20FNO2. The van der Waals surface area contributed by atoms with Crippen molar-refractivity contribution in [2.75, 3.05) is 6.61 Å². The Balaban J connectivity index is 1.85. The zero-order valence-corrected chi connectivity index (χ0v) is 11.1. The van der Waals surface area contributed by atoms with E-state index >= 15 is 0 Å². The number of aliphatic hydroxyl groups excluding tert-OH is 1. The Morgan fingerprint density at radius 3 is 2.95 bits per heavy atom. The molecule has 3 atom stereocenters. The maximum atomic E-state index is 13.6. The van der Waals surface area contributed by atoms with Gasteiger partial charge in [0.25, 0.3) is 0 Å². The summed E-state index contributed by atoms with van der Waals surface area (Å²) in [7, 11) is 0. The van der Waals surface area contributed by atoms with Crippen LogP contribution in [0.25, 0.3) is 0 Å². The highest BCUT2D eigenvalue weighted by atomic mass is 19.1. The van der Waals surface area contributed by atoms with Crippen molar-refractivity contribution >= 4 is 5.91 Å². The minimum absolute atomic E-state index is 0.00121. The third kappa shape index (κ3) is 3.53. The summed E-state index contributed by atoms with van der Waals surface area (Å²) in [5.41, 5.74) is 0.644. The largest absolute Gasteiger partial charge is 0.396 e. The van der Waals surface area contributed by atoms with E-state index < -0.39 is 0 Å². The molecule has 0 bridgehead atoms. The van der Waals surface area contributed by atoms with E-state index in [2.05, 4.69) is 5.32 Å². The van der Waals surface area contributed by atoms with Crippen molar-refractivity contribution in [1.29, 1.82) is 0 Å². The van der Waals surface area contributed by atoms with Crippen LogP contribution in [0, 0.1) is 11.7 Å². The predicted octanol–water partition coefficient (Wildman–Crippen LogP) is 2.21. The first-order chi connectivity index (χ1) is 9.13. The van der Waals surface area contributed by atoms with E-state index in [1.165, 1.54) is 6.07 Å². The van der Waals surface area contributed by atoms with Gasteiger partial charge in [0.1, 0.15) is 5.82 Å². The third-order valence-electron chi connectivity index (χ3n) is 3.62. The highest BCUT2D eigenvalue weighted by Gasteiger charge is 2.45. The molecule has 19 heavy (non-hydrogen) atoms. The number of hydrogen-bond donors (Lipinski definition) is 2. The van der Waals surface area contributed by atoms with E-state index in [9.17, 15) is 9.18 Å². The molecule has 0 saturated heterocycles. The van der Waals surface area contributed by atoms with Gasteiger partial charge in [0.15, 0.2) is 0 Å². The molecule has 2 N–H and O–H groups in total. The SMILES string of the molecule is CC(CCCO)NC(=O)C1CC1c1ccccc1F. The van der Waals surface area contributed by atoms with Gasteiger partial charge < -0.3 is 10.4 Å². The molecule has 0 aliphatic heterocycles. The number of amides is 1. The fourth-order valence-corrected chi connectivity index (χ4v) is 2.42. The van der Waals surface area contributed by atoms with Crippen molar-refractivity contribution in [1.82, 2.24) is 5.32 Å². The maximum absolute atomic E-state index is 13.6. The molecule has 1 fully saturated rings. The number of hydrogen-bond acceptors (Lipinski definition) is 2. The molecule has 0 heterocycles. The summed E-state index contributed by atoms with van der Waals surface area (Å²) in [6, 6.07) is 6.71. The molecule has 2 rings (SSSR count). The summed E-state index contributed by atoms with van der Waals surface area (Å²) in [6.07, 6.45) is 2.17. The average Bonchev–Trinajstić information content (AvgIpc) is 3.17. The van der Waals surface area contributed by atoms with Crippen molar-refractivity contribution in [2.45, 2.75) is 38.1 Å². The smallest absolute Gasteiger partial charge is 0.223 e. The molecule has 0 spiro atoms. The number of halogens is 1. The second-order valence-corrected chi connectivity index (χ2v) is 5.25. The molecule has 1 aliphatic carbocycles. The lowest BCUT2D eigenvalue weighted by Crippen LogP contribution is -2.34. The molecule has 3 nitrogen and oxygen atoms in total. The molecular weight excluding hydrogens is 245 g/mol. The van der Waals surface area contributed by atoms with Crippen LogP contribution in [0.1, 0.15) is 37.7 Å². The van der Waals surface area contributed by atoms with Crippen molar-refractivity contribution in [3.8, 4) is 0 Å². The summed E-state index contributed by atoms with van der Waals surface area (Å²) in [4.78, 5) is 12.0. The Kier molecular flexibility index (Phi) is 4.53. The Labute approximate surface area is 112 Å². The lowest BCUT2D eigenvalue weighted by atomic mass is 10.1. The van der Waals surface area contributed by atoms with Crippen molar-refractivity contribution < 1.29 is 14.3 Å². The van der Waals surface area contributed by atoms with Gasteiger partial charge in [-0.1, -0.05) is 18.2 Å². The molecule has 1 aliphatic rings. The van der Waals surface area contributed by atoms with Crippen LogP contribution in [0.4, 0.5) is 4.39 Å². The first-order valence-electron chi connectivity index (χ1n) is 6.79. The van der Waals surface area contributed by atoms with Crippen LogP contribution in [-0.2, 0) is 4.79 Å². The summed E-state index contributed by atoms with van der Waals surface area (Å²) in [5.74, 6) is -0.311.